The molecule has 6 nitrogen and oxygen atoms in total. The SMILES string of the molecule is O=C(NCCN1CCOCC1)c1ccnc(Nc2ccc(Cl)cc2)c1. The van der Waals surface area contributed by atoms with Crippen LogP contribution in [-0.2, 0) is 4.74 Å². The minimum Gasteiger partial charge on any atom is -0.379 e. The van der Waals surface area contributed by atoms with E-state index in [1.807, 2.05) is 12.1 Å². The zero-order chi connectivity index (χ0) is 17.5. The van der Waals surface area contributed by atoms with Crippen LogP contribution in [-0.4, -0.2) is 55.2 Å². The molecule has 1 amide bonds. The molecule has 7 heteroatoms. The number of nitrogens with one attached hydrogen (secondary N) is 2. The maximum atomic E-state index is 12.3. The minimum atomic E-state index is -0.102. The first kappa shape index (κ1) is 17.7. The van der Waals surface area contributed by atoms with E-state index in [1.54, 1.807) is 30.5 Å². The number of aromatic nitrogens is 1. The van der Waals surface area contributed by atoms with Crippen molar-refractivity contribution < 1.29 is 9.53 Å². The summed E-state index contributed by atoms with van der Waals surface area (Å²) in [5.74, 6) is 0.512. The highest BCUT2D eigenvalue weighted by atomic mass is 35.5. The van der Waals surface area contributed by atoms with Crippen LogP contribution in [0.4, 0.5) is 11.5 Å². The van der Waals surface area contributed by atoms with E-state index in [0.717, 1.165) is 38.5 Å². The van der Waals surface area contributed by atoms with Crippen LogP contribution in [0.15, 0.2) is 42.6 Å². The Hall–Kier alpha value is -2.15. The highest BCUT2D eigenvalue weighted by Gasteiger charge is 2.11. The van der Waals surface area contributed by atoms with Crippen LogP contribution in [0.25, 0.3) is 0 Å². The lowest BCUT2D eigenvalue weighted by Crippen LogP contribution is -2.41. The largest absolute Gasteiger partial charge is 0.379 e. The van der Waals surface area contributed by atoms with E-state index in [0.29, 0.717) is 22.9 Å². The van der Waals surface area contributed by atoms with Crippen molar-refractivity contribution in [2.24, 2.45) is 0 Å². The quantitative estimate of drug-likeness (QED) is 0.828. The van der Waals surface area contributed by atoms with Crippen molar-refractivity contribution in [2.45, 2.75) is 0 Å². The van der Waals surface area contributed by atoms with Crippen molar-refractivity contribution in [2.75, 3.05) is 44.7 Å². The average molecular weight is 361 g/mol. The Kier molecular flexibility index (Phi) is 6.22. The number of hydrogen-bond acceptors (Lipinski definition) is 5. The molecule has 0 bridgehead atoms. The summed E-state index contributed by atoms with van der Waals surface area (Å²) in [6, 6.07) is 10.8. The molecule has 2 N–H and O–H groups in total. The summed E-state index contributed by atoms with van der Waals surface area (Å²) >= 11 is 5.88. The fraction of sp³-hybridized carbons (Fsp3) is 0.333. The number of benzene rings is 1. The summed E-state index contributed by atoms with van der Waals surface area (Å²) in [5.41, 5.74) is 1.44. The van der Waals surface area contributed by atoms with Crippen molar-refractivity contribution in [3.05, 3.63) is 53.2 Å². The van der Waals surface area contributed by atoms with Crippen LogP contribution in [0.1, 0.15) is 10.4 Å². The van der Waals surface area contributed by atoms with Crippen LogP contribution < -0.4 is 10.6 Å². The van der Waals surface area contributed by atoms with E-state index >= 15 is 0 Å². The number of ether oxygens (including phenoxy) is 1. The van der Waals surface area contributed by atoms with E-state index in [2.05, 4.69) is 20.5 Å². The number of pyridine rings is 1. The van der Waals surface area contributed by atoms with E-state index in [1.165, 1.54) is 0 Å². The second-order valence-corrected chi connectivity index (χ2v) is 6.21. The molecule has 0 aliphatic carbocycles. The molecule has 0 spiro atoms. The second kappa shape index (κ2) is 8.80. The highest BCUT2D eigenvalue weighted by Crippen LogP contribution is 2.18. The monoisotopic (exact) mass is 360 g/mol. The lowest BCUT2D eigenvalue weighted by atomic mass is 10.2. The molecule has 25 heavy (non-hydrogen) atoms. The first-order valence-corrected chi connectivity index (χ1v) is 8.65. The molecule has 1 saturated heterocycles. The molecule has 1 aromatic carbocycles. The van der Waals surface area contributed by atoms with E-state index < -0.39 is 0 Å². The third-order valence-corrected chi connectivity index (χ3v) is 4.21. The molecule has 1 aromatic heterocycles. The van der Waals surface area contributed by atoms with Crippen LogP contribution in [0.2, 0.25) is 5.02 Å². The van der Waals surface area contributed by atoms with Crippen molar-refractivity contribution in [3.63, 3.8) is 0 Å². The van der Waals surface area contributed by atoms with Crippen LogP contribution >= 0.6 is 11.6 Å². The fourth-order valence-electron chi connectivity index (χ4n) is 2.58. The summed E-state index contributed by atoms with van der Waals surface area (Å²) in [7, 11) is 0. The smallest absolute Gasteiger partial charge is 0.251 e. The summed E-state index contributed by atoms with van der Waals surface area (Å²) in [5, 5.41) is 6.79. The zero-order valence-electron chi connectivity index (χ0n) is 13.9. The first-order valence-electron chi connectivity index (χ1n) is 8.28. The number of morpholine rings is 1. The summed E-state index contributed by atoms with van der Waals surface area (Å²) < 4.78 is 5.31. The van der Waals surface area contributed by atoms with Crippen LogP contribution in [0, 0.1) is 0 Å². The second-order valence-electron chi connectivity index (χ2n) is 5.77. The molecule has 1 aliphatic rings. The third-order valence-electron chi connectivity index (χ3n) is 3.96. The predicted molar refractivity (Wildman–Crippen MR) is 98.6 cm³/mol. The van der Waals surface area contributed by atoms with Gasteiger partial charge < -0.3 is 15.4 Å². The fourth-order valence-corrected chi connectivity index (χ4v) is 2.70. The maximum absolute atomic E-state index is 12.3. The molecule has 2 heterocycles. The minimum absolute atomic E-state index is 0.102. The number of rotatable bonds is 6. The molecular weight excluding hydrogens is 340 g/mol. The molecule has 2 aromatic rings. The van der Waals surface area contributed by atoms with E-state index in [4.69, 9.17) is 16.3 Å². The van der Waals surface area contributed by atoms with Crippen molar-refractivity contribution in [1.29, 1.82) is 0 Å². The maximum Gasteiger partial charge on any atom is 0.251 e. The number of anilines is 2. The van der Waals surface area contributed by atoms with Gasteiger partial charge in [-0.1, -0.05) is 11.6 Å². The summed E-state index contributed by atoms with van der Waals surface area (Å²) in [6.07, 6.45) is 1.62. The molecule has 0 atom stereocenters. The number of nitrogens with zero attached hydrogens (tertiary/aromatic N) is 2. The van der Waals surface area contributed by atoms with Gasteiger partial charge in [0.1, 0.15) is 5.82 Å². The lowest BCUT2D eigenvalue weighted by molar-refractivity contribution is 0.0383. The Morgan fingerprint density at radius 2 is 1.96 bits per heavy atom. The van der Waals surface area contributed by atoms with Crippen molar-refractivity contribution >= 4 is 29.0 Å². The molecule has 0 unspecified atom stereocenters. The number of amides is 1. The Labute approximate surface area is 152 Å². The van der Waals surface area contributed by atoms with Gasteiger partial charge in [-0.3, -0.25) is 9.69 Å². The Bertz CT molecular complexity index is 702. The Morgan fingerprint density at radius 3 is 2.72 bits per heavy atom. The molecule has 0 saturated carbocycles. The normalized spacial score (nSPS) is 14.9. The van der Waals surface area contributed by atoms with Gasteiger partial charge >= 0.3 is 0 Å². The summed E-state index contributed by atoms with van der Waals surface area (Å²) in [4.78, 5) is 18.8. The number of halogens is 1. The standard InChI is InChI=1S/C18H21ClN4O2/c19-15-1-3-16(4-2-15)22-17-13-14(5-6-20-17)18(24)21-7-8-23-9-11-25-12-10-23/h1-6,13H,7-12H2,(H,20,22)(H,21,24). The molecule has 1 fully saturated rings. The van der Waals surface area contributed by atoms with Crippen molar-refractivity contribution in [1.82, 2.24) is 15.2 Å². The topological polar surface area (TPSA) is 66.5 Å². The molecule has 132 valence electrons. The van der Waals surface area contributed by atoms with E-state index in [9.17, 15) is 4.79 Å². The van der Waals surface area contributed by atoms with Gasteiger partial charge in [-0.2, -0.15) is 0 Å². The zero-order valence-corrected chi connectivity index (χ0v) is 14.6. The first-order chi connectivity index (χ1) is 12.2. The molecular formula is C18H21ClN4O2. The van der Waals surface area contributed by atoms with Gasteiger partial charge in [-0.15, -0.1) is 0 Å². The van der Waals surface area contributed by atoms with Crippen LogP contribution in [0.5, 0.6) is 0 Å². The number of carbonyl (C=O) groups is 1. The molecule has 1 aliphatic heterocycles. The predicted octanol–water partition coefficient (Wildman–Crippen LogP) is 2.54. The van der Waals surface area contributed by atoms with Crippen molar-refractivity contribution in [3.8, 4) is 0 Å². The van der Waals surface area contributed by atoms with Gasteiger partial charge in [0.05, 0.1) is 13.2 Å². The van der Waals surface area contributed by atoms with Gasteiger partial charge in [0.2, 0.25) is 0 Å². The highest BCUT2D eigenvalue weighted by molar-refractivity contribution is 6.30. The van der Waals surface area contributed by atoms with E-state index in [-0.39, 0.29) is 5.91 Å². The van der Waals surface area contributed by atoms with Gasteiger partial charge in [-0.25, -0.2) is 4.98 Å². The Balaban J connectivity index is 1.52. The van der Waals surface area contributed by atoms with Crippen LogP contribution in [0.3, 0.4) is 0 Å². The number of carbonyl (C=O) groups excluding carboxylic acids is 1. The molecule has 3 rings (SSSR count). The van der Waals surface area contributed by atoms with Gasteiger partial charge in [0, 0.05) is 48.6 Å². The number of hydrogen-bond donors (Lipinski definition) is 2. The Morgan fingerprint density at radius 1 is 1.20 bits per heavy atom. The lowest BCUT2D eigenvalue weighted by Gasteiger charge is -2.26. The van der Waals surface area contributed by atoms with Gasteiger partial charge in [-0.05, 0) is 36.4 Å². The van der Waals surface area contributed by atoms with Gasteiger partial charge in [0.25, 0.3) is 5.91 Å². The summed E-state index contributed by atoms with van der Waals surface area (Å²) in [6.45, 7) is 4.80. The van der Waals surface area contributed by atoms with Gasteiger partial charge in [0.15, 0.2) is 0 Å². The molecule has 0 radical (unpaired) electrons. The third kappa shape index (κ3) is 5.42. The average Bonchev–Trinajstić information content (AvgIpc) is 2.65.